The van der Waals surface area contributed by atoms with E-state index >= 15 is 0 Å². The fourth-order valence-electron chi connectivity index (χ4n) is 3.93. The van der Waals surface area contributed by atoms with Gasteiger partial charge in [-0.2, -0.15) is 19.7 Å². The van der Waals surface area contributed by atoms with Gasteiger partial charge in [0, 0.05) is 23.6 Å². The van der Waals surface area contributed by atoms with Gasteiger partial charge in [0.1, 0.15) is 23.3 Å². The van der Waals surface area contributed by atoms with Crippen LogP contribution in [0.5, 0.6) is 5.88 Å². The average molecular weight is 495 g/mol. The van der Waals surface area contributed by atoms with E-state index in [0.29, 0.717) is 17.1 Å². The highest BCUT2D eigenvalue weighted by Gasteiger charge is 2.22. The number of methoxy groups -OCH3 is 1. The van der Waals surface area contributed by atoms with Gasteiger partial charge in [-0.1, -0.05) is 0 Å². The van der Waals surface area contributed by atoms with Crippen molar-refractivity contribution in [1.82, 2.24) is 24.7 Å². The lowest BCUT2D eigenvalue weighted by Crippen LogP contribution is -2.11. The fraction of sp³-hybridized carbons (Fsp3) is 0.0833. The molecule has 0 unspecified atom stereocenters. The van der Waals surface area contributed by atoms with Crippen molar-refractivity contribution in [3.8, 4) is 23.0 Å². The van der Waals surface area contributed by atoms with E-state index in [1.807, 2.05) is 0 Å². The number of hydrogen-bond acceptors (Lipinski definition) is 7. The number of ether oxygens (including phenoxy) is 1. The predicted octanol–water partition coefficient (Wildman–Crippen LogP) is 4.20. The number of fused-ring (bicyclic) bond motifs is 1. The van der Waals surface area contributed by atoms with E-state index in [2.05, 4.69) is 20.1 Å². The van der Waals surface area contributed by atoms with Crippen molar-refractivity contribution in [2.45, 2.75) is 6.42 Å². The van der Waals surface area contributed by atoms with E-state index in [0.717, 1.165) is 12.1 Å². The summed E-state index contributed by atoms with van der Waals surface area (Å²) >= 11 is 0. The Labute approximate surface area is 201 Å². The quantitative estimate of drug-likeness (QED) is 0.277. The Morgan fingerprint density at radius 3 is 2.39 bits per heavy atom. The van der Waals surface area contributed by atoms with E-state index in [1.54, 1.807) is 12.1 Å². The second-order valence-corrected chi connectivity index (χ2v) is 7.75. The Kier molecular flexibility index (Phi) is 5.63. The third-order valence-electron chi connectivity index (χ3n) is 5.58. The number of nitrogens with zero attached hydrogens (tertiary/aromatic N) is 5. The first-order valence-electron chi connectivity index (χ1n) is 10.5. The van der Waals surface area contributed by atoms with Crippen LogP contribution < -0.4 is 16.2 Å². The summed E-state index contributed by atoms with van der Waals surface area (Å²) in [5, 5.41) is 4.57. The summed E-state index contributed by atoms with van der Waals surface area (Å²) in [6.07, 6.45) is 1.07. The molecule has 182 valence electrons. The van der Waals surface area contributed by atoms with Crippen LogP contribution in [0.1, 0.15) is 11.3 Å². The number of pyridine rings is 1. The zero-order valence-corrected chi connectivity index (χ0v) is 18.6. The number of benzene rings is 2. The van der Waals surface area contributed by atoms with Gasteiger partial charge in [0.15, 0.2) is 11.6 Å². The van der Waals surface area contributed by atoms with Crippen LogP contribution in [0.2, 0.25) is 0 Å². The largest absolute Gasteiger partial charge is 0.481 e. The Morgan fingerprint density at radius 1 is 0.944 bits per heavy atom. The van der Waals surface area contributed by atoms with Crippen LogP contribution >= 0.6 is 0 Å². The summed E-state index contributed by atoms with van der Waals surface area (Å²) < 4.78 is 63.0. The van der Waals surface area contributed by atoms with Crippen molar-refractivity contribution in [3.05, 3.63) is 83.2 Å². The number of anilines is 2. The first-order valence-corrected chi connectivity index (χ1v) is 10.5. The van der Waals surface area contributed by atoms with Gasteiger partial charge in [-0.3, -0.25) is 0 Å². The minimum absolute atomic E-state index is 0.0154. The van der Waals surface area contributed by atoms with E-state index in [9.17, 15) is 17.6 Å². The maximum absolute atomic E-state index is 14.3. The molecule has 3 heterocycles. The maximum atomic E-state index is 14.3. The molecule has 0 saturated heterocycles. The molecule has 36 heavy (non-hydrogen) atoms. The van der Waals surface area contributed by atoms with E-state index in [1.165, 1.54) is 30.1 Å². The average Bonchev–Trinajstić information content (AvgIpc) is 3.21. The Balaban J connectivity index is 1.67. The zero-order valence-electron chi connectivity index (χ0n) is 18.6. The molecule has 0 bridgehead atoms. The second-order valence-electron chi connectivity index (χ2n) is 7.75. The molecule has 0 aliphatic carbocycles. The SMILES string of the molecule is COc1ncccc1-c1c(N)nc(-n2nc(Cc3c(F)ccc(F)c3F)c3cc(F)ccc32)nc1N. The normalized spacial score (nSPS) is 11.2. The van der Waals surface area contributed by atoms with Crippen molar-refractivity contribution < 1.29 is 22.3 Å². The highest BCUT2D eigenvalue weighted by molar-refractivity contribution is 5.87. The van der Waals surface area contributed by atoms with E-state index in [-0.39, 0.29) is 40.1 Å². The standard InChI is InChI=1S/C24H17F4N7O/c1-36-23-12(3-2-8-31-23)19-21(29)32-24(33-22(19)30)35-18-7-4-11(25)9-14(18)17(34-35)10-13-15(26)5-6-16(27)20(13)28/h2-9H,10H2,1H3,(H4,29,30,32,33). The van der Waals surface area contributed by atoms with Gasteiger partial charge >= 0.3 is 0 Å². The molecule has 2 aromatic carbocycles. The lowest BCUT2D eigenvalue weighted by atomic mass is 10.1. The molecular weight excluding hydrogens is 478 g/mol. The molecule has 5 aromatic rings. The molecule has 0 fully saturated rings. The minimum Gasteiger partial charge on any atom is -0.481 e. The Hall–Kier alpha value is -4.74. The molecular formula is C24H17F4N7O. The van der Waals surface area contributed by atoms with Crippen molar-refractivity contribution in [2.75, 3.05) is 18.6 Å². The summed E-state index contributed by atoms with van der Waals surface area (Å²) in [5.41, 5.74) is 13.0. The number of rotatable bonds is 5. The summed E-state index contributed by atoms with van der Waals surface area (Å²) in [4.78, 5) is 12.7. The van der Waals surface area contributed by atoms with Gasteiger partial charge in [-0.15, -0.1) is 0 Å². The first-order chi connectivity index (χ1) is 17.3. The van der Waals surface area contributed by atoms with Crippen molar-refractivity contribution in [3.63, 3.8) is 0 Å². The molecule has 0 atom stereocenters. The van der Waals surface area contributed by atoms with Crippen LogP contribution in [-0.2, 0) is 6.42 Å². The second kappa shape index (κ2) is 8.80. The molecule has 0 aliphatic rings. The monoisotopic (exact) mass is 495 g/mol. The lowest BCUT2D eigenvalue weighted by molar-refractivity contribution is 0.399. The third-order valence-corrected chi connectivity index (χ3v) is 5.58. The van der Waals surface area contributed by atoms with Crippen molar-refractivity contribution in [1.29, 1.82) is 0 Å². The lowest BCUT2D eigenvalue weighted by Gasteiger charge is -2.12. The fourth-order valence-corrected chi connectivity index (χ4v) is 3.93. The van der Waals surface area contributed by atoms with Crippen LogP contribution in [0, 0.1) is 23.3 Å². The van der Waals surface area contributed by atoms with E-state index in [4.69, 9.17) is 16.2 Å². The van der Waals surface area contributed by atoms with Crippen LogP contribution in [-0.4, -0.2) is 31.8 Å². The topological polar surface area (TPSA) is 118 Å². The molecule has 5 rings (SSSR count). The van der Waals surface area contributed by atoms with Crippen LogP contribution in [0.15, 0.2) is 48.7 Å². The summed E-state index contributed by atoms with van der Waals surface area (Å²) in [6.45, 7) is 0. The molecule has 8 nitrogen and oxygen atoms in total. The summed E-state index contributed by atoms with van der Waals surface area (Å²) in [6, 6.07) is 8.56. The van der Waals surface area contributed by atoms with Crippen LogP contribution in [0.3, 0.4) is 0 Å². The Morgan fingerprint density at radius 2 is 1.67 bits per heavy atom. The molecule has 0 saturated carbocycles. The highest BCUT2D eigenvalue weighted by atomic mass is 19.2. The molecule has 4 N–H and O–H groups in total. The predicted molar refractivity (Wildman–Crippen MR) is 124 cm³/mol. The van der Waals surface area contributed by atoms with Gasteiger partial charge in [-0.25, -0.2) is 22.5 Å². The molecule has 0 spiro atoms. The highest BCUT2D eigenvalue weighted by Crippen LogP contribution is 2.36. The van der Waals surface area contributed by atoms with Crippen LogP contribution in [0.25, 0.3) is 28.0 Å². The Bertz CT molecular complexity index is 1610. The number of halogens is 4. The van der Waals surface area contributed by atoms with Gasteiger partial charge < -0.3 is 16.2 Å². The zero-order chi connectivity index (χ0) is 25.6. The van der Waals surface area contributed by atoms with Gasteiger partial charge in [0.2, 0.25) is 5.88 Å². The van der Waals surface area contributed by atoms with E-state index < -0.39 is 35.3 Å². The van der Waals surface area contributed by atoms with Crippen LogP contribution in [0.4, 0.5) is 29.2 Å². The van der Waals surface area contributed by atoms with Gasteiger partial charge in [0.25, 0.3) is 5.95 Å². The molecule has 3 aromatic heterocycles. The molecule has 0 aliphatic heterocycles. The smallest absolute Gasteiger partial charge is 0.255 e. The van der Waals surface area contributed by atoms with Gasteiger partial charge in [0.05, 0.1) is 29.4 Å². The van der Waals surface area contributed by atoms with Gasteiger partial charge in [-0.05, 0) is 42.5 Å². The first kappa shape index (κ1) is 23.0. The number of aromatic nitrogens is 5. The maximum Gasteiger partial charge on any atom is 0.255 e. The molecule has 0 amide bonds. The van der Waals surface area contributed by atoms with Crippen molar-refractivity contribution >= 4 is 22.5 Å². The summed E-state index contributed by atoms with van der Waals surface area (Å²) in [5.74, 6) is -3.99. The molecule has 0 radical (unpaired) electrons. The molecule has 12 heteroatoms. The minimum atomic E-state index is -1.35. The number of hydrogen-bond donors (Lipinski definition) is 2. The number of nitrogens with two attached hydrogens (primary N) is 2. The summed E-state index contributed by atoms with van der Waals surface area (Å²) in [7, 11) is 1.44. The number of nitrogen functional groups attached to an aromatic ring is 2. The van der Waals surface area contributed by atoms with Crippen molar-refractivity contribution in [2.24, 2.45) is 0 Å². The third kappa shape index (κ3) is 3.82.